The van der Waals surface area contributed by atoms with Crippen LogP contribution in [0.1, 0.15) is 37.6 Å². The molecule has 1 unspecified atom stereocenters. The van der Waals surface area contributed by atoms with Crippen LogP contribution in [0.4, 0.5) is 0 Å². The molecule has 0 fully saturated rings. The van der Waals surface area contributed by atoms with Gasteiger partial charge in [-0.2, -0.15) is 0 Å². The fourth-order valence-electron chi connectivity index (χ4n) is 2.47. The SMILES string of the molecule is CC(C)CC(C)(O)CNC(=O)c1coc2ccccc12. The fourth-order valence-corrected chi connectivity index (χ4v) is 2.47. The molecule has 0 radical (unpaired) electrons. The van der Waals surface area contributed by atoms with Crippen LogP contribution in [0.15, 0.2) is 34.9 Å². The molecule has 4 heteroatoms. The van der Waals surface area contributed by atoms with Crippen LogP contribution >= 0.6 is 0 Å². The number of nitrogens with one attached hydrogen (secondary N) is 1. The van der Waals surface area contributed by atoms with Crippen LogP contribution in [0.25, 0.3) is 11.0 Å². The van der Waals surface area contributed by atoms with Crippen molar-refractivity contribution in [1.82, 2.24) is 5.32 Å². The Morgan fingerprint density at radius 2 is 2.10 bits per heavy atom. The largest absolute Gasteiger partial charge is 0.463 e. The zero-order chi connectivity index (χ0) is 14.8. The molecule has 1 heterocycles. The first-order valence-electron chi connectivity index (χ1n) is 6.86. The summed E-state index contributed by atoms with van der Waals surface area (Å²) in [5, 5.41) is 13.8. The van der Waals surface area contributed by atoms with Gasteiger partial charge in [0.15, 0.2) is 0 Å². The van der Waals surface area contributed by atoms with E-state index in [1.807, 2.05) is 38.1 Å². The quantitative estimate of drug-likeness (QED) is 0.881. The topological polar surface area (TPSA) is 62.5 Å². The second-order valence-electron chi connectivity index (χ2n) is 5.92. The molecule has 0 aliphatic carbocycles. The summed E-state index contributed by atoms with van der Waals surface area (Å²) in [6, 6.07) is 7.39. The van der Waals surface area contributed by atoms with Crippen molar-refractivity contribution in [3.05, 3.63) is 36.1 Å². The number of rotatable bonds is 5. The second kappa shape index (κ2) is 5.67. The van der Waals surface area contributed by atoms with E-state index in [-0.39, 0.29) is 12.5 Å². The molecule has 0 saturated heterocycles. The number of amides is 1. The Hall–Kier alpha value is -1.81. The van der Waals surface area contributed by atoms with Crippen LogP contribution in [0, 0.1) is 5.92 Å². The summed E-state index contributed by atoms with van der Waals surface area (Å²) < 4.78 is 5.34. The van der Waals surface area contributed by atoms with Gasteiger partial charge >= 0.3 is 0 Å². The number of para-hydroxylation sites is 1. The summed E-state index contributed by atoms with van der Waals surface area (Å²) in [4.78, 5) is 12.2. The smallest absolute Gasteiger partial charge is 0.255 e. The minimum Gasteiger partial charge on any atom is -0.463 e. The van der Waals surface area contributed by atoms with E-state index in [0.29, 0.717) is 23.5 Å². The molecule has 0 aliphatic heterocycles. The van der Waals surface area contributed by atoms with Gasteiger partial charge in [-0.15, -0.1) is 0 Å². The van der Waals surface area contributed by atoms with Crippen LogP contribution in [0.3, 0.4) is 0 Å². The molecule has 2 N–H and O–H groups in total. The number of hydrogen-bond donors (Lipinski definition) is 2. The summed E-state index contributed by atoms with van der Waals surface area (Å²) >= 11 is 0. The summed E-state index contributed by atoms with van der Waals surface area (Å²) in [6.07, 6.45) is 2.09. The molecule has 1 amide bonds. The highest BCUT2D eigenvalue weighted by molar-refractivity contribution is 6.05. The van der Waals surface area contributed by atoms with Crippen LogP contribution < -0.4 is 5.32 Å². The molecule has 1 aromatic heterocycles. The van der Waals surface area contributed by atoms with Crippen molar-refractivity contribution >= 4 is 16.9 Å². The van der Waals surface area contributed by atoms with Gasteiger partial charge in [-0.3, -0.25) is 4.79 Å². The van der Waals surface area contributed by atoms with E-state index in [9.17, 15) is 9.90 Å². The van der Waals surface area contributed by atoms with E-state index >= 15 is 0 Å². The highest BCUT2D eigenvalue weighted by Crippen LogP contribution is 2.21. The standard InChI is InChI=1S/C16H21NO3/c1-11(2)8-16(3,19)10-17-15(18)13-9-20-14-7-5-4-6-12(13)14/h4-7,9,11,19H,8,10H2,1-3H3,(H,17,18). The number of furan rings is 1. The Labute approximate surface area is 118 Å². The number of benzene rings is 1. The van der Waals surface area contributed by atoms with Crippen LogP contribution in [0.2, 0.25) is 0 Å². The molecule has 2 aromatic rings. The highest BCUT2D eigenvalue weighted by atomic mass is 16.3. The third kappa shape index (κ3) is 3.39. The maximum absolute atomic E-state index is 12.2. The molecular weight excluding hydrogens is 254 g/mol. The second-order valence-corrected chi connectivity index (χ2v) is 5.92. The lowest BCUT2D eigenvalue weighted by molar-refractivity contribution is 0.0368. The highest BCUT2D eigenvalue weighted by Gasteiger charge is 2.23. The Morgan fingerprint density at radius 1 is 1.40 bits per heavy atom. The van der Waals surface area contributed by atoms with Crippen molar-refractivity contribution in [2.45, 2.75) is 32.8 Å². The van der Waals surface area contributed by atoms with Crippen molar-refractivity contribution in [2.24, 2.45) is 5.92 Å². The van der Waals surface area contributed by atoms with Crippen molar-refractivity contribution < 1.29 is 14.3 Å². The number of hydrogen-bond acceptors (Lipinski definition) is 3. The van der Waals surface area contributed by atoms with Gasteiger partial charge < -0.3 is 14.8 Å². The van der Waals surface area contributed by atoms with E-state index in [1.165, 1.54) is 6.26 Å². The van der Waals surface area contributed by atoms with Gasteiger partial charge in [-0.05, 0) is 25.3 Å². The molecule has 108 valence electrons. The molecule has 0 bridgehead atoms. The van der Waals surface area contributed by atoms with E-state index in [1.54, 1.807) is 6.92 Å². The third-order valence-corrected chi connectivity index (χ3v) is 3.20. The first-order valence-corrected chi connectivity index (χ1v) is 6.86. The average Bonchev–Trinajstić information content (AvgIpc) is 2.78. The maximum Gasteiger partial charge on any atom is 0.255 e. The average molecular weight is 275 g/mol. The molecule has 0 saturated carbocycles. The van der Waals surface area contributed by atoms with Gasteiger partial charge in [0.1, 0.15) is 11.8 Å². The monoisotopic (exact) mass is 275 g/mol. The number of carbonyl (C=O) groups excluding carboxylic acids is 1. The lowest BCUT2D eigenvalue weighted by Gasteiger charge is -2.25. The Kier molecular flexibility index (Phi) is 4.14. The lowest BCUT2D eigenvalue weighted by atomic mass is 9.94. The van der Waals surface area contributed by atoms with Crippen LogP contribution in [-0.4, -0.2) is 23.2 Å². The molecule has 0 spiro atoms. The fraction of sp³-hybridized carbons (Fsp3) is 0.438. The van der Waals surface area contributed by atoms with Gasteiger partial charge in [-0.25, -0.2) is 0 Å². The Balaban J connectivity index is 2.06. The maximum atomic E-state index is 12.2. The Morgan fingerprint density at radius 3 is 2.80 bits per heavy atom. The van der Waals surface area contributed by atoms with Crippen molar-refractivity contribution in [3.63, 3.8) is 0 Å². The van der Waals surface area contributed by atoms with Gasteiger partial charge in [0.2, 0.25) is 0 Å². The zero-order valence-electron chi connectivity index (χ0n) is 12.1. The van der Waals surface area contributed by atoms with Crippen LogP contribution in [-0.2, 0) is 0 Å². The number of carbonyl (C=O) groups is 1. The molecule has 0 aliphatic rings. The number of aliphatic hydroxyl groups is 1. The lowest BCUT2D eigenvalue weighted by Crippen LogP contribution is -2.41. The van der Waals surface area contributed by atoms with Gasteiger partial charge in [0.25, 0.3) is 5.91 Å². The molecule has 1 atom stereocenters. The third-order valence-electron chi connectivity index (χ3n) is 3.20. The van der Waals surface area contributed by atoms with Gasteiger partial charge in [0.05, 0.1) is 11.2 Å². The minimum absolute atomic E-state index is 0.223. The van der Waals surface area contributed by atoms with Crippen molar-refractivity contribution in [3.8, 4) is 0 Å². The molecule has 4 nitrogen and oxygen atoms in total. The predicted octanol–water partition coefficient (Wildman–Crippen LogP) is 2.96. The molecule has 20 heavy (non-hydrogen) atoms. The summed E-state index contributed by atoms with van der Waals surface area (Å²) in [5.41, 5.74) is 0.288. The Bertz CT molecular complexity index is 599. The van der Waals surface area contributed by atoms with Crippen molar-refractivity contribution in [1.29, 1.82) is 0 Å². The molecule has 1 aromatic carbocycles. The van der Waals surface area contributed by atoms with E-state index < -0.39 is 5.60 Å². The zero-order valence-corrected chi connectivity index (χ0v) is 12.1. The molecule has 2 rings (SSSR count). The molecular formula is C16H21NO3. The van der Waals surface area contributed by atoms with Gasteiger partial charge in [-0.1, -0.05) is 32.0 Å². The normalized spacial score (nSPS) is 14.4. The first-order chi connectivity index (χ1) is 9.39. The van der Waals surface area contributed by atoms with Gasteiger partial charge in [0, 0.05) is 11.9 Å². The van der Waals surface area contributed by atoms with Crippen LogP contribution in [0.5, 0.6) is 0 Å². The summed E-state index contributed by atoms with van der Waals surface area (Å²) in [5.74, 6) is 0.149. The van der Waals surface area contributed by atoms with E-state index in [0.717, 1.165) is 5.39 Å². The number of fused-ring (bicyclic) bond motifs is 1. The summed E-state index contributed by atoms with van der Waals surface area (Å²) in [6.45, 7) is 6.05. The minimum atomic E-state index is -0.899. The van der Waals surface area contributed by atoms with E-state index in [4.69, 9.17) is 4.42 Å². The first kappa shape index (κ1) is 14.6. The van der Waals surface area contributed by atoms with Crippen molar-refractivity contribution in [2.75, 3.05) is 6.54 Å². The predicted molar refractivity (Wildman–Crippen MR) is 78.6 cm³/mol. The van der Waals surface area contributed by atoms with E-state index in [2.05, 4.69) is 5.32 Å². The summed E-state index contributed by atoms with van der Waals surface area (Å²) in [7, 11) is 0.